The molecule has 118 valence electrons. The van der Waals surface area contributed by atoms with Crippen LogP contribution < -0.4 is 0 Å². The Morgan fingerprint density at radius 2 is 1.86 bits per heavy atom. The van der Waals surface area contributed by atoms with Crippen LogP contribution in [0.5, 0.6) is 0 Å². The van der Waals surface area contributed by atoms with E-state index in [-0.39, 0.29) is 17.7 Å². The van der Waals surface area contributed by atoms with E-state index in [1.807, 2.05) is 13.8 Å². The molecule has 2 rings (SSSR count). The van der Waals surface area contributed by atoms with Gasteiger partial charge in [-0.3, -0.25) is 0 Å². The first-order chi connectivity index (χ1) is 9.83. The second kappa shape index (κ2) is 6.49. The number of rotatable bonds is 5. The molecule has 0 bridgehead atoms. The topological polar surface area (TPSA) is 37.4 Å². The Morgan fingerprint density at radius 1 is 1.24 bits per heavy atom. The number of hydrogen-bond acceptors (Lipinski definition) is 2. The summed E-state index contributed by atoms with van der Waals surface area (Å²) in [7, 11) is -3.16. The Kier molecular flexibility index (Phi) is 5.10. The first kappa shape index (κ1) is 16.5. The molecule has 0 saturated carbocycles. The molecule has 0 aromatic heterocycles. The number of sulfonamides is 1. The molecule has 2 unspecified atom stereocenters. The summed E-state index contributed by atoms with van der Waals surface area (Å²) in [5, 5.41) is 0. The first-order valence-electron chi connectivity index (χ1n) is 7.91. The van der Waals surface area contributed by atoms with Crippen molar-refractivity contribution in [2.45, 2.75) is 53.0 Å². The van der Waals surface area contributed by atoms with Crippen molar-refractivity contribution < 1.29 is 8.42 Å². The van der Waals surface area contributed by atoms with Gasteiger partial charge in [0.15, 0.2) is 0 Å². The molecule has 0 N–H and O–H groups in total. The van der Waals surface area contributed by atoms with E-state index >= 15 is 0 Å². The summed E-state index contributed by atoms with van der Waals surface area (Å²) in [6.07, 6.45) is 2.79. The van der Waals surface area contributed by atoms with Gasteiger partial charge in [-0.25, -0.2) is 8.42 Å². The quantitative estimate of drug-likeness (QED) is 0.829. The third-order valence-corrected chi connectivity index (χ3v) is 6.52. The minimum absolute atomic E-state index is 0.0256. The highest BCUT2D eigenvalue weighted by Gasteiger charge is 2.35. The second-order valence-corrected chi connectivity index (χ2v) is 8.45. The molecule has 3 nitrogen and oxygen atoms in total. The summed E-state index contributed by atoms with van der Waals surface area (Å²) in [6, 6.07) is 6.43. The van der Waals surface area contributed by atoms with Crippen molar-refractivity contribution in [2.75, 3.05) is 12.3 Å². The average molecular weight is 309 g/mol. The van der Waals surface area contributed by atoms with Crippen LogP contribution in [0.2, 0.25) is 0 Å². The van der Waals surface area contributed by atoms with Gasteiger partial charge in [0.2, 0.25) is 10.0 Å². The molecule has 4 heteroatoms. The minimum atomic E-state index is -3.16. The van der Waals surface area contributed by atoms with Crippen molar-refractivity contribution in [3.05, 3.63) is 34.9 Å². The van der Waals surface area contributed by atoms with E-state index in [1.165, 1.54) is 11.1 Å². The predicted octanol–water partition coefficient (Wildman–Crippen LogP) is 3.82. The molecular formula is C17H27NO2S. The SMILES string of the molecule is CCC(C)CS(=O)(=O)N1CCCC1c1cc(C)cc(C)c1. The largest absolute Gasteiger partial charge is 0.214 e. The van der Waals surface area contributed by atoms with Crippen molar-refractivity contribution in [1.29, 1.82) is 0 Å². The summed E-state index contributed by atoms with van der Waals surface area (Å²) >= 11 is 0. The van der Waals surface area contributed by atoms with Crippen LogP contribution in [-0.2, 0) is 10.0 Å². The Morgan fingerprint density at radius 3 is 2.43 bits per heavy atom. The fourth-order valence-corrected chi connectivity index (χ4v) is 5.35. The number of aryl methyl sites for hydroxylation is 2. The van der Waals surface area contributed by atoms with Gasteiger partial charge in [-0.1, -0.05) is 49.6 Å². The molecule has 1 saturated heterocycles. The lowest BCUT2D eigenvalue weighted by Gasteiger charge is -2.26. The van der Waals surface area contributed by atoms with Gasteiger partial charge in [0, 0.05) is 12.6 Å². The molecular weight excluding hydrogens is 282 g/mol. The highest BCUT2D eigenvalue weighted by Crippen LogP contribution is 2.35. The van der Waals surface area contributed by atoms with Gasteiger partial charge in [-0.15, -0.1) is 0 Å². The maximum atomic E-state index is 12.7. The van der Waals surface area contributed by atoms with Crippen molar-refractivity contribution in [3.63, 3.8) is 0 Å². The Balaban J connectivity index is 2.28. The van der Waals surface area contributed by atoms with E-state index in [2.05, 4.69) is 32.0 Å². The summed E-state index contributed by atoms with van der Waals surface area (Å²) in [4.78, 5) is 0. The Labute approximate surface area is 129 Å². The summed E-state index contributed by atoms with van der Waals surface area (Å²) < 4.78 is 27.1. The van der Waals surface area contributed by atoms with Gasteiger partial charge < -0.3 is 0 Å². The van der Waals surface area contributed by atoms with Crippen molar-refractivity contribution in [1.82, 2.24) is 4.31 Å². The summed E-state index contributed by atoms with van der Waals surface area (Å²) in [5.74, 6) is 0.487. The monoisotopic (exact) mass is 309 g/mol. The van der Waals surface area contributed by atoms with Crippen LogP contribution in [0.3, 0.4) is 0 Å². The summed E-state index contributed by atoms with van der Waals surface area (Å²) in [5.41, 5.74) is 3.56. The van der Waals surface area contributed by atoms with Crippen LogP contribution >= 0.6 is 0 Å². The standard InChI is InChI=1S/C17H27NO2S/c1-5-13(2)12-21(19,20)18-8-6-7-17(18)16-10-14(3)9-15(4)11-16/h9-11,13,17H,5-8,12H2,1-4H3. The molecule has 0 spiro atoms. The maximum Gasteiger partial charge on any atom is 0.214 e. The molecule has 1 aromatic rings. The lowest BCUT2D eigenvalue weighted by Crippen LogP contribution is -2.34. The number of benzene rings is 1. The zero-order valence-electron chi connectivity index (χ0n) is 13.6. The minimum Gasteiger partial charge on any atom is -0.212 e. The molecule has 0 aliphatic carbocycles. The second-order valence-electron chi connectivity index (χ2n) is 6.48. The zero-order valence-corrected chi connectivity index (χ0v) is 14.4. The van der Waals surface area contributed by atoms with E-state index in [0.717, 1.165) is 24.8 Å². The van der Waals surface area contributed by atoms with Crippen LogP contribution in [0.15, 0.2) is 18.2 Å². The van der Waals surface area contributed by atoms with E-state index in [4.69, 9.17) is 0 Å². The van der Waals surface area contributed by atoms with Crippen molar-refractivity contribution >= 4 is 10.0 Å². The molecule has 1 fully saturated rings. The van der Waals surface area contributed by atoms with E-state index in [0.29, 0.717) is 6.54 Å². The van der Waals surface area contributed by atoms with E-state index < -0.39 is 10.0 Å². The van der Waals surface area contributed by atoms with Gasteiger partial charge in [0.25, 0.3) is 0 Å². The van der Waals surface area contributed by atoms with Gasteiger partial charge in [-0.2, -0.15) is 4.31 Å². The average Bonchev–Trinajstić information content (AvgIpc) is 2.87. The molecule has 1 heterocycles. The third-order valence-electron chi connectivity index (χ3n) is 4.38. The highest BCUT2D eigenvalue weighted by atomic mass is 32.2. The normalized spacial score (nSPS) is 21.6. The molecule has 1 aliphatic rings. The Bertz CT molecular complexity index is 575. The van der Waals surface area contributed by atoms with Gasteiger partial charge in [0.1, 0.15) is 0 Å². The predicted molar refractivity (Wildman–Crippen MR) is 87.8 cm³/mol. The molecule has 1 aromatic carbocycles. The Hall–Kier alpha value is -0.870. The van der Waals surface area contributed by atoms with Crippen LogP contribution in [0.4, 0.5) is 0 Å². The van der Waals surface area contributed by atoms with Crippen molar-refractivity contribution in [2.24, 2.45) is 5.92 Å². The first-order valence-corrected chi connectivity index (χ1v) is 9.52. The molecule has 1 aliphatic heterocycles. The van der Waals surface area contributed by atoms with Crippen LogP contribution in [0.25, 0.3) is 0 Å². The maximum absolute atomic E-state index is 12.7. The van der Waals surface area contributed by atoms with Gasteiger partial charge >= 0.3 is 0 Å². The lowest BCUT2D eigenvalue weighted by atomic mass is 10.0. The zero-order chi connectivity index (χ0) is 15.6. The molecule has 0 radical (unpaired) electrons. The smallest absolute Gasteiger partial charge is 0.212 e. The van der Waals surface area contributed by atoms with Crippen molar-refractivity contribution in [3.8, 4) is 0 Å². The van der Waals surface area contributed by atoms with Crippen LogP contribution in [-0.4, -0.2) is 25.0 Å². The van der Waals surface area contributed by atoms with Crippen LogP contribution in [0, 0.1) is 19.8 Å². The molecule has 21 heavy (non-hydrogen) atoms. The lowest BCUT2D eigenvalue weighted by molar-refractivity contribution is 0.391. The van der Waals surface area contributed by atoms with E-state index in [9.17, 15) is 8.42 Å². The van der Waals surface area contributed by atoms with Gasteiger partial charge in [0.05, 0.1) is 5.75 Å². The number of nitrogens with zero attached hydrogens (tertiary/aromatic N) is 1. The molecule has 0 amide bonds. The van der Waals surface area contributed by atoms with Gasteiger partial charge in [-0.05, 0) is 38.2 Å². The summed E-state index contributed by atoms with van der Waals surface area (Å²) in [6.45, 7) is 8.87. The highest BCUT2D eigenvalue weighted by molar-refractivity contribution is 7.89. The fraction of sp³-hybridized carbons (Fsp3) is 0.647. The third kappa shape index (κ3) is 3.86. The van der Waals surface area contributed by atoms with Crippen LogP contribution in [0.1, 0.15) is 55.8 Å². The molecule has 2 atom stereocenters. The van der Waals surface area contributed by atoms with E-state index in [1.54, 1.807) is 4.31 Å². The fourth-order valence-electron chi connectivity index (χ4n) is 3.18. The number of hydrogen-bond donors (Lipinski definition) is 0.